The molecule has 2 aromatic rings. The smallest absolute Gasteiger partial charge is 0.329 e. The number of nitrogens with one attached hydrogen (secondary N) is 2. The van der Waals surface area contributed by atoms with E-state index in [9.17, 15) is 19.5 Å². The summed E-state index contributed by atoms with van der Waals surface area (Å²) >= 11 is 0. The average Bonchev–Trinajstić information content (AvgIpc) is 2.80. The monoisotopic (exact) mass is 453 g/mol. The number of nitrogen functional groups attached to an aromatic ring is 1. The van der Waals surface area contributed by atoms with Gasteiger partial charge in [-0.25, -0.2) is 4.79 Å². The van der Waals surface area contributed by atoms with Crippen molar-refractivity contribution in [3.8, 4) is 5.75 Å². The molecular formula is C23H27N5O5. The van der Waals surface area contributed by atoms with Gasteiger partial charge in [-0.1, -0.05) is 6.07 Å². The third-order valence-electron chi connectivity index (χ3n) is 5.61. The number of nitrogens with two attached hydrogens (primary N) is 1. The summed E-state index contributed by atoms with van der Waals surface area (Å²) in [4.78, 5) is 42.4. The van der Waals surface area contributed by atoms with Gasteiger partial charge in [-0.3, -0.25) is 20.0 Å². The van der Waals surface area contributed by atoms with Crippen LogP contribution < -0.4 is 15.8 Å². The van der Waals surface area contributed by atoms with E-state index in [2.05, 4.69) is 10.3 Å². The molecular weight excluding hydrogens is 426 g/mol. The number of carbonyl (C=O) groups is 3. The lowest BCUT2D eigenvalue weighted by Crippen LogP contribution is -2.65. The lowest BCUT2D eigenvalue weighted by Gasteiger charge is -2.42. The number of aliphatic carboxylic acids is 1. The fourth-order valence-corrected chi connectivity index (χ4v) is 3.89. The van der Waals surface area contributed by atoms with Crippen LogP contribution in [0.15, 0.2) is 48.8 Å². The average molecular weight is 453 g/mol. The van der Waals surface area contributed by atoms with Crippen molar-refractivity contribution in [2.75, 3.05) is 19.7 Å². The van der Waals surface area contributed by atoms with Gasteiger partial charge in [0.15, 0.2) is 0 Å². The number of piperazine rings is 1. The van der Waals surface area contributed by atoms with Gasteiger partial charge in [-0.05, 0) is 55.2 Å². The van der Waals surface area contributed by atoms with Crippen molar-refractivity contribution in [1.29, 1.82) is 5.41 Å². The van der Waals surface area contributed by atoms with Gasteiger partial charge in [0.25, 0.3) is 0 Å². The number of nitrogens with zero attached hydrogens (tertiary/aromatic N) is 2. The lowest BCUT2D eigenvalue weighted by atomic mass is 9.83. The van der Waals surface area contributed by atoms with Gasteiger partial charge < -0.3 is 25.8 Å². The second-order valence-electron chi connectivity index (χ2n) is 7.83. The van der Waals surface area contributed by atoms with E-state index in [-0.39, 0.29) is 31.8 Å². The minimum atomic E-state index is -1.57. The first-order valence-corrected chi connectivity index (χ1v) is 10.6. The highest BCUT2D eigenvalue weighted by atomic mass is 16.5. The van der Waals surface area contributed by atoms with Crippen molar-refractivity contribution in [1.82, 2.24) is 15.2 Å². The van der Waals surface area contributed by atoms with Gasteiger partial charge >= 0.3 is 17.8 Å². The molecule has 174 valence electrons. The zero-order chi connectivity index (χ0) is 23.8. The molecule has 1 saturated heterocycles. The molecule has 1 aromatic carbocycles. The van der Waals surface area contributed by atoms with Crippen LogP contribution in [0.2, 0.25) is 0 Å². The zero-order valence-electron chi connectivity index (χ0n) is 18.1. The van der Waals surface area contributed by atoms with E-state index in [1.807, 2.05) is 0 Å². The highest BCUT2D eigenvalue weighted by Crippen LogP contribution is 2.29. The van der Waals surface area contributed by atoms with Crippen molar-refractivity contribution in [2.24, 2.45) is 5.73 Å². The quantitative estimate of drug-likeness (QED) is 0.170. The molecule has 0 bridgehead atoms. The Bertz CT molecular complexity index is 1010. The molecule has 1 atom stereocenters. The molecule has 2 heterocycles. The highest BCUT2D eigenvalue weighted by Gasteiger charge is 2.48. The number of hydrogen-bond acceptors (Lipinski definition) is 6. The van der Waals surface area contributed by atoms with Crippen LogP contribution in [0.25, 0.3) is 0 Å². The van der Waals surface area contributed by atoms with E-state index in [1.165, 1.54) is 4.90 Å². The Kier molecular flexibility index (Phi) is 7.60. The number of pyridine rings is 1. The summed E-state index contributed by atoms with van der Waals surface area (Å²) in [6, 6.07) is 10.3. The number of hydrogen-bond donors (Lipinski definition) is 4. The molecule has 1 aliphatic heterocycles. The second-order valence-corrected chi connectivity index (χ2v) is 7.83. The van der Waals surface area contributed by atoms with Crippen LogP contribution in [-0.2, 0) is 20.8 Å². The predicted molar refractivity (Wildman–Crippen MR) is 120 cm³/mol. The van der Waals surface area contributed by atoms with Gasteiger partial charge in [0.05, 0.1) is 6.61 Å². The van der Waals surface area contributed by atoms with Crippen LogP contribution in [-0.4, -0.2) is 63.8 Å². The van der Waals surface area contributed by atoms with Crippen molar-refractivity contribution >= 4 is 23.6 Å². The number of rotatable bonds is 11. The van der Waals surface area contributed by atoms with Crippen molar-refractivity contribution in [2.45, 2.75) is 31.2 Å². The van der Waals surface area contributed by atoms with Gasteiger partial charge in [0, 0.05) is 37.5 Å². The number of amidine groups is 1. The highest BCUT2D eigenvalue weighted by molar-refractivity contribution is 6.36. The molecule has 2 amide bonds. The van der Waals surface area contributed by atoms with Gasteiger partial charge in [-0.15, -0.1) is 0 Å². The fraction of sp³-hybridized carbons (Fsp3) is 0.348. The summed E-state index contributed by atoms with van der Waals surface area (Å²) < 4.78 is 5.70. The maximum Gasteiger partial charge on any atom is 0.329 e. The first-order valence-electron chi connectivity index (χ1n) is 10.6. The molecule has 1 aromatic heterocycles. The molecule has 1 fully saturated rings. The normalized spacial score (nSPS) is 15.5. The predicted octanol–water partition coefficient (Wildman–Crippen LogP) is 0.939. The molecule has 10 heteroatoms. The van der Waals surface area contributed by atoms with Crippen molar-refractivity contribution < 1.29 is 24.2 Å². The minimum absolute atomic E-state index is 0.0267. The maximum atomic E-state index is 12.6. The maximum absolute atomic E-state index is 12.6. The SMILES string of the molecule is N=C(N)c1ccc(OCCCCC(Cc2cccnc2)(C(=O)O)N2CCNC(=O)C2=O)cc1. The Morgan fingerprint density at radius 2 is 2.00 bits per heavy atom. The summed E-state index contributed by atoms with van der Waals surface area (Å²) in [5.41, 5.74) is 5.14. The molecule has 1 aliphatic rings. The van der Waals surface area contributed by atoms with Gasteiger partial charge in [0.2, 0.25) is 0 Å². The summed E-state index contributed by atoms with van der Waals surface area (Å²) in [7, 11) is 0. The second kappa shape index (κ2) is 10.6. The minimum Gasteiger partial charge on any atom is -0.494 e. The zero-order valence-corrected chi connectivity index (χ0v) is 18.1. The molecule has 0 aliphatic carbocycles. The number of unbranched alkanes of at least 4 members (excludes halogenated alkanes) is 1. The Morgan fingerprint density at radius 3 is 2.64 bits per heavy atom. The Morgan fingerprint density at radius 1 is 1.24 bits per heavy atom. The molecule has 0 radical (unpaired) electrons. The number of ether oxygens (including phenoxy) is 1. The third kappa shape index (κ3) is 5.65. The van der Waals surface area contributed by atoms with Crippen molar-refractivity contribution in [3.05, 3.63) is 59.9 Å². The first-order chi connectivity index (χ1) is 15.8. The number of carbonyl (C=O) groups excluding carboxylic acids is 2. The molecule has 33 heavy (non-hydrogen) atoms. The van der Waals surface area contributed by atoms with E-state index in [1.54, 1.807) is 48.8 Å². The molecule has 0 saturated carbocycles. The molecule has 5 N–H and O–H groups in total. The summed E-state index contributed by atoms with van der Waals surface area (Å²) in [5.74, 6) is -2.20. The molecule has 10 nitrogen and oxygen atoms in total. The summed E-state index contributed by atoms with van der Waals surface area (Å²) in [6.45, 7) is 0.665. The standard InChI is InChI=1S/C23H27N5O5/c24-19(25)17-5-7-18(8-6-17)33-13-2-1-9-23(22(31)32,14-16-4-3-10-26-15-16)28-12-11-27-20(29)21(28)30/h3-8,10,15H,1-2,9,11-14H2,(H3,24,25)(H,27,29)(H,31,32). The van der Waals surface area contributed by atoms with E-state index in [0.717, 1.165) is 0 Å². The third-order valence-corrected chi connectivity index (χ3v) is 5.61. The number of benzene rings is 1. The Balaban J connectivity index is 1.69. The lowest BCUT2D eigenvalue weighted by molar-refractivity contribution is -0.165. The Labute approximate surface area is 191 Å². The van der Waals surface area contributed by atoms with Crippen LogP contribution in [0.1, 0.15) is 30.4 Å². The summed E-state index contributed by atoms with van der Waals surface area (Å²) in [5, 5.41) is 20.1. The summed E-state index contributed by atoms with van der Waals surface area (Å²) in [6.07, 6.45) is 4.37. The number of carboxylic acids is 1. The molecule has 3 rings (SSSR count). The van der Waals surface area contributed by atoms with E-state index in [0.29, 0.717) is 36.3 Å². The Hall–Kier alpha value is -3.95. The number of carboxylic acid groups (broad SMARTS) is 1. The van der Waals surface area contributed by atoms with Crippen LogP contribution in [0.3, 0.4) is 0 Å². The van der Waals surface area contributed by atoms with Gasteiger partial charge in [0.1, 0.15) is 17.1 Å². The van der Waals surface area contributed by atoms with Crippen LogP contribution >= 0.6 is 0 Å². The van der Waals surface area contributed by atoms with Crippen LogP contribution in [0.5, 0.6) is 5.75 Å². The number of amides is 2. The fourth-order valence-electron chi connectivity index (χ4n) is 3.89. The van der Waals surface area contributed by atoms with Crippen LogP contribution in [0.4, 0.5) is 0 Å². The molecule has 1 unspecified atom stereocenters. The first kappa shape index (κ1) is 23.7. The van der Waals surface area contributed by atoms with Crippen molar-refractivity contribution in [3.63, 3.8) is 0 Å². The van der Waals surface area contributed by atoms with E-state index < -0.39 is 23.3 Å². The van der Waals surface area contributed by atoms with Gasteiger partial charge in [-0.2, -0.15) is 0 Å². The van der Waals surface area contributed by atoms with E-state index in [4.69, 9.17) is 15.9 Å². The largest absolute Gasteiger partial charge is 0.494 e. The number of aromatic nitrogens is 1. The van der Waals surface area contributed by atoms with E-state index >= 15 is 0 Å². The molecule has 0 spiro atoms. The topological polar surface area (TPSA) is 159 Å². The van der Waals surface area contributed by atoms with Crippen LogP contribution in [0, 0.1) is 5.41 Å².